The normalized spacial score (nSPS) is 15.5. The number of carbonyl (C=O) groups excluding carboxylic acids is 1. The van der Waals surface area contributed by atoms with E-state index >= 15 is 0 Å². The monoisotopic (exact) mass is 428 g/mol. The van der Waals surface area contributed by atoms with Crippen LogP contribution in [0, 0.1) is 0 Å². The van der Waals surface area contributed by atoms with Crippen molar-refractivity contribution >= 4 is 39.1 Å². The van der Waals surface area contributed by atoms with Gasteiger partial charge in [0.25, 0.3) is 5.91 Å². The number of nitrogens with one attached hydrogen (secondary N) is 1. The number of hydrogen-bond donors (Lipinski definition) is 1. The van der Waals surface area contributed by atoms with Gasteiger partial charge in [0, 0.05) is 30.2 Å². The molecule has 3 rings (SSSR count). The van der Waals surface area contributed by atoms with Gasteiger partial charge in [0.05, 0.1) is 18.2 Å². The maximum absolute atomic E-state index is 12.8. The molecule has 1 aliphatic rings. The van der Waals surface area contributed by atoms with E-state index in [1.54, 1.807) is 24.3 Å². The molecule has 27 heavy (non-hydrogen) atoms. The third-order valence-electron chi connectivity index (χ3n) is 4.15. The summed E-state index contributed by atoms with van der Waals surface area (Å²) in [5, 5.41) is 3.45. The predicted octanol–water partition coefficient (Wildman–Crippen LogP) is 2.94. The van der Waals surface area contributed by atoms with Crippen molar-refractivity contribution in [3.8, 4) is 0 Å². The summed E-state index contributed by atoms with van der Waals surface area (Å²) in [5.74, 6) is -0.389. The van der Waals surface area contributed by atoms with E-state index in [1.807, 2.05) is 0 Å². The number of benzene rings is 2. The van der Waals surface area contributed by atoms with Crippen LogP contribution >= 0.6 is 23.2 Å². The second-order valence-electron chi connectivity index (χ2n) is 5.97. The number of morpholine rings is 1. The van der Waals surface area contributed by atoms with Crippen LogP contribution in [0.1, 0.15) is 15.9 Å². The Morgan fingerprint density at radius 3 is 2.41 bits per heavy atom. The van der Waals surface area contributed by atoms with Gasteiger partial charge in [-0.3, -0.25) is 4.79 Å². The van der Waals surface area contributed by atoms with Crippen molar-refractivity contribution in [2.24, 2.45) is 0 Å². The first kappa shape index (κ1) is 20.1. The van der Waals surface area contributed by atoms with Gasteiger partial charge in [-0.25, -0.2) is 8.42 Å². The highest BCUT2D eigenvalue weighted by molar-refractivity contribution is 7.89. The number of sulfonamides is 1. The SMILES string of the molecule is O=C(NCc1ccc(Cl)cc1)c1ccc(Cl)c(S(=O)(=O)N2CCOCC2)c1. The Balaban J connectivity index is 1.77. The molecule has 1 amide bonds. The molecule has 0 aliphatic carbocycles. The minimum Gasteiger partial charge on any atom is -0.379 e. The molecular formula is C18H18Cl2N2O4S. The van der Waals surface area contributed by atoms with E-state index in [4.69, 9.17) is 27.9 Å². The van der Waals surface area contributed by atoms with E-state index in [0.29, 0.717) is 24.8 Å². The third-order valence-corrected chi connectivity index (χ3v) is 6.78. The van der Waals surface area contributed by atoms with E-state index in [9.17, 15) is 13.2 Å². The van der Waals surface area contributed by atoms with E-state index in [2.05, 4.69) is 5.32 Å². The van der Waals surface area contributed by atoms with Gasteiger partial charge in [-0.1, -0.05) is 35.3 Å². The van der Waals surface area contributed by atoms with Gasteiger partial charge < -0.3 is 10.1 Å². The van der Waals surface area contributed by atoms with Crippen molar-refractivity contribution in [2.45, 2.75) is 11.4 Å². The molecule has 1 heterocycles. The Morgan fingerprint density at radius 2 is 1.74 bits per heavy atom. The first-order valence-electron chi connectivity index (χ1n) is 8.28. The second-order valence-corrected chi connectivity index (χ2v) is 8.72. The van der Waals surface area contributed by atoms with Crippen molar-refractivity contribution in [1.29, 1.82) is 0 Å². The molecule has 0 unspecified atom stereocenters. The topological polar surface area (TPSA) is 75.7 Å². The molecule has 2 aromatic rings. The first-order valence-corrected chi connectivity index (χ1v) is 10.5. The molecule has 144 valence electrons. The van der Waals surface area contributed by atoms with Gasteiger partial charge in [0.2, 0.25) is 10.0 Å². The van der Waals surface area contributed by atoms with E-state index < -0.39 is 10.0 Å². The summed E-state index contributed by atoms with van der Waals surface area (Å²) in [6, 6.07) is 11.3. The number of ether oxygens (including phenoxy) is 1. The average molecular weight is 429 g/mol. The molecule has 0 spiro atoms. The zero-order valence-electron chi connectivity index (χ0n) is 14.3. The molecule has 2 aromatic carbocycles. The molecule has 1 saturated heterocycles. The van der Waals surface area contributed by atoms with Gasteiger partial charge in [-0.15, -0.1) is 0 Å². The minimum atomic E-state index is -3.79. The fraction of sp³-hybridized carbons (Fsp3) is 0.278. The maximum Gasteiger partial charge on any atom is 0.251 e. The van der Waals surface area contributed by atoms with Crippen LogP contribution in [0.15, 0.2) is 47.4 Å². The van der Waals surface area contributed by atoms with E-state index in [1.165, 1.54) is 22.5 Å². The number of carbonyl (C=O) groups is 1. The van der Waals surface area contributed by atoms with Crippen LogP contribution in [0.3, 0.4) is 0 Å². The highest BCUT2D eigenvalue weighted by atomic mass is 35.5. The second kappa shape index (κ2) is 8.58. The van der Waals surface area contributed by atoms with Gasteiger partial charge in [0.15, 0.2) is 0 Å². The van der Waals surface area contributed by atoms with Crippen LogP contribution in [-0.4, -0.2) is 44.9 Å². The minimum absolute atomic E-state index is 0.0785. The number of amides is 1. The van der Waals surface area contributed by atoms with Crippen molar-refractivity contribution in [1.82, 2.24) is 9.62 Å². The summed E-state index contributed by atoms with van der Waals surface area (Å²) in [6.07, 6.45) is 0. The lowest BCUT2D eigenvalue weighted by molar-refractivity contribution is 0.0730. The van der Waals surface area contributed by atoms with Crippen molar-refractivity contribution in [3.05, 3.63) is 63.6 Å². The predicted molar refractivity (Wildman–Crippen MR) is 104 cm³/mol. The zero-order valence-corrected chi connectivity index (χ0v) is 16.6. The van der Waals surface area contributed by atoms with Crippen LogP contribution in [0.5, 0.6) is 0 Å². The first-order chi connectivity index (χ1) is 12.9. The van der Waals surface area contributed by atoms with Gasteiger partial charge in [-0.2, -0.15) is 4.31 Å². The Kier molecular flexibility index (Phi) is 6.39. The van der Waals surface area contributed by atoms with E-state index in [-0.39, 0.29) is 34.5 Å². The van der Waals surface area contributed by atoms with Gasteiger partial charge >= 0.3 is 0 Å². The molecule has 0 atom stereocenters. The van der Waals surface area contributed by atoms with Crippen molar-refractivity contribution < 1.29 is 17.9 Å². The van der Waals surface area contributed by atoms with Crippen molar-refractivity contribution in [3.63, 3.8) is 0 Å². The Hall–Kier alpha value is -1.64. The van der Waals surface area contributed by atoms with Crippen LogP contribution in [0.2, 0.25) is 10.0 Å². The maximum atomic E-state index is 12.8. The number of hydrogen-bond acceptors (Lipinski definition) is 4. The molecule has 9 heteroatoms. The largest absolute Gasteiger partial charge is 0.379 e. The molecule has 0 saturated carbocycles. The lowest BCUT2D eigenvalue weighted by Crippen LogP contribution is -2.40. The Labute approximate surface area is 168 Å². The molecule has 1 aliphatic heterocycles. The lowest BCUT2D eigenvalue weighted by Gasteiger charge is -2.26. The highest BCUT2D eigenvalue weighted by Gasteiger charge is 2.29. The molecule has 1 fully saturated rings. The number of rotatable bonds is 5. The summed E-state index contributed by atoms with van der Waals surface area (Å²) >= 11 is 12.0. The Morgan fingerprint density at radius 1 is 1.07 bits per heavy atom. The lowest BCUT2D eigenvalue weighted by atomic mass is 10.2. The molecule has 6 nitrogen and oxygen atoms in total. The zero-order chi connectivity index (χ0) is 19.4. The van der Waals surface area contributed by atoms with Gasteiger partial charge in [0.1, 0.15) is 4.90 Å². The summed E-state index contributed by atoms with van der Waals surface area (Å²) in [5.41, 5.74) is 1.10. The summed E-state index contributed by atoms with van der Waals surface area (Å²) in [7, 11) is -3.79. The fourth-order valence-corrected chi connectivity index (χ4v) is 4.69. The summed E-state index contributed by atoms with van der Waals surface area (Å²) < 4.78 is 32.2. The summed E-state index contributed by atoms with van der Waals surface area (Å²) in [4.78, 5) is 12.4. The Bertz CT molecular complexity index is 927. The third kappa shape index (κ3) is 4.80. The number of halogens is 2. The van der Waals surface area contributed by atoms with Crippen LogP contribution < -0.4 is 5.32 Å². The van der Waals surface area contributed by atoms with Crippen LogP contribution in [-0.2, 0) is 21.3 Å². The van der Waals surface area contributed by atoms with E-state index in [0.717, 1.165) is 5.56 Å². The smallest absolute Gasteiger partial charge is 0.251 e. The fourth-order valence-electron chi connectivity index (χ4n) is 2.65. The molecular weight excluding hydrogens is 411 g/mol. The van der Waals surface area contributed by atoms with Crippen molar-refractivity contribution in [2.75, 3.05) is 26.3 Å². The molecule has 0 aromatic heterocycles. The quantitative estimate of drug-likeness (QED) is 0.793. The van der Waals surface area contributed by atoms with Gasteiger partial charge in [-0.05, 0) is 35.9 Å². The summed E-state index contributed by atoms with van der Waals surface area (Å²) in [6.45, 7) is 1.47. The standard InChI is InChI=1S/C18H18Cl2N2O4S/c19-15-4-1-13(2-5-15)12-21-18(23)14-3-6-16(20)17(11-14)27(24,25)22-7-9-26-10-8-22/h1-6,11H,7-10,12H2,(H,21,23). The molecule has 0 bridgehead atoms. The average Bonchev–Trinajstić information content (AvgIpc) is 2.68. The number of nitrogens with zero attached hydrogens (tertiary/aromatic N) is 1. The molecule has 1 N–H and O–H groups in total. The van der Waals surface area contributed by atoms with Crippen LogP contribution in [0.25, 0.3) is 0 Å². The molecule has 0 radical (unpaired) electrons. The highest BCUT2D eigenvalue weighted by Crippen LogP contribution is 2.26. The van der Waals surface area contributed by atoms with Crippen LogP contribution in [0.4, 0.5) is 0 Å².